The van der Waals surface area contributed by atoms with E-state index in [1.807, 2.05) is 6.07 Å². The minimum Gasteiger partial charge on any atom is -0.428 e. The molecule has 1 atom stereocenters. The summed E-state index contributed by atoms with van der Waals surface area (Å²) in [6, 6.07) is 17.0. The minimum absolute atomic E-state index is 0.117. The van der Waals surface area contributed by atoms with Crippen molar-refractivity contribution in [3.63, 3.8) is 0 Å². The van der Waals surface area contributed by atoms with Gasteiger partial charge in [-0.3, -0.25) is 0 Å². The molecule has 1 unspecified atom stereocenters. The van der Waals surface area contributed by atoms with Crippen LogP contribution in [0.3, 0.4) is 0 Å². The zero-order valence-electron chi connectivity index (χ0n) is 11.9. The number of benzene rings is 2. The maximum Gasteiger partial charge on any atom is 0.345 e. The van der Waals surface area contributed by atoms with E-state index in [2.05, 4.69) is 15.2 Å². The number of H-pyrrole nitrogens is 1. The molecule has 2 aromatic carbocycles. The first-order valence-corrected chi connectivity index (χ1v) is 6.81. The van der Waals surface area contributed by atoms with Crippen molar-refractivity contribution in [1.82, 2.24) is 15.2 Å². The van der Waals surface area contributed by atoms with Gasteiger partial charge in [0.1, 0.15) is 0 Å². The highest BCUT2D eigenvalue weighted by Crippen LogP contribution is 2.18. The van der Waals surface area contributed by atoms with E-state index in [4.69, 9.17) is 9.47 Å². The number of ether oxygens (including phenoxy) is 2. The quantitative estimate of drug-likeness (QED) is 0.553. The Morgan fingerprint density at radius 1 is 1.04 bits per heavy atom. The highest BCUT2D eigenvalue weighted by Gasteiger charge is 2.15. The maximum absolute atomic E-state index is 11.9. The number of rotatable bonds is 5. The molecular formula is C16H13N3O4. The molecule has 0 fully saturated rings. The van der Waals surface area contributed by atoms with Crippen molar-refractivity contribution >= 4 is 5.97 Å². The standard InChI is InChI=1S/C16H13N3O4/c20-13(11-7-3-1-4-8-11)22-15-17-16(19-18-15)23-14(21)12-9-5-2-6-10-12/h1-10,13,20H,(H,17,18,19). The Hall–Kier alpha value is -3.19. The summed E-state index contributed by atoms with van der Waals surface area (Å²) in [5.74, 6) is -0.572. The van der Waals surface area contributed by atoms with Crippen LogP contribution in [-0.4, -0.2) is 26.3 Å². The van der Waals surface area contributed by atoms with Gasteiger partial charge in [-0.05, 0) is 12.1 Å². The topological polar surface area (TPSA) is 97.3 Å². The zero-order chi connectivity index (χ0) is 16.1. The normalized spacial score (nSPS) is 11.7. The summed E-state index contributed by atoms with van der Waals surface area (Å²) in [4.78, 5) is 15.7. The second kappa shape index (κ2) is 6.71. The summed E-state index contributed by atoms with van der Waals surface area (Å²) in [7, 11) is 0. The van der Waals surface area contributed by atoms with Gasteiger partial charge in [0.25, 0.3) is 0 Å². The number of aromatic amines is 1. The second-order valence-electron chi connectivity index (χ2n) is 4.56. The molecule has 2 N–H and O–H groups in total. The van der Waals surface area contributed by atoms with Gasteiger partial charge in [0, 0.05) is 5.56 Å². The smallest absolute Gasteiger partial charge is 0.345 e. The van der Waals surface area contributed by atoms with E-state index in [0.717, 1.165) is 0 Å². The molecule has 7 nitrogen and oxygen atoms in total. The summed E-state index contributed by atoms with van der Waals surface area (Å²) < 4.78 is 10.2. The number of carbonyl (C=O) groups is 1. The lowest BCUT2D eigenvalue weighted by Crippen LogP contribution is -2.09. The van der Waals surface area contributed by atoms with Gasteiger partial charge in [-0.15, -0.1) is 10.1 Å². The Kier molecular flexibility index (Phi) is 4.30. The SMILES string of the molecule is O=C(Oc1nc(OC(O)c2ccccc2)n[nH]1)c1ccccc1. The van der Waals surface area contributed by atoms with Crippen LogP contribution in [0.15, 0.2) is 60.7 Å². The first kappa shape index (κ1) is 14.7. The molecule has 116 valence electrons. The molecule has 0 aliphatic carbocycles. The highest BCUT2D eigenvalue weighted by atomic mass is 16.6. The van der Waals surface area contributed by atoms with Crippen molar-refractivity contribution in [2.45, 2.75) is 6.29 Å². The number of nitrogens with one attached hydrogen (secondary N) is 1. The van der Waals surface area contributed by atoms with Gasteiger partial charge in [0.05, 0.1) is 5.56 Å². The largest absolute Gasteiger partial charge is 0.428 e. The molecule has 1 heterocycles. The second-order valence-corrected chi connectivity index (χ2v) is 4.56. The lowest BCUT2D eigenvalue weighted by Gasteiger charge is -2.09. The predicted octanol–water partition coefficient (Wildman–Crippen LogP) is 2.09. The third kappa shape index (κ3) is 3.72. The Balaban J connectivity index is 1.63. The Bertz CT molecular complexity index is 774. The van der Waals surface area contributed by atoms with E-state index in [-0.39, 0.29) is 12.0 Å². The van der Waals surface area contributed by atoms with Crippen molar-refractivity contribution in [2.75, 3.05) is 0 Å². The van der Waals surface area contributed by atoms with E-state index in [1.165, 1.54) is 0 Å². The monoisotopic (exact) mass is 311 g/mol. The molecule has 0 spiro atoms. The number of esters is 1. The Labute approximate surface area is 131 Å². The molecule has 0 radical (unpaired) electrons. The van der Waals surface area contributed by atoms with Crippen LogP contribution in [-0.2, 0) is 0 Å². The number of hydrogen-bond acceptors (Lipinski definition) is 6. The van der Waals surface area contributed by atoms with Crippen LogP contribution < -0.4 is 9.47 Å². The van der Waals surface area contributed by atoms with Crippen LogP contribution >= 0.6 is 0 Å². The average molecular weight is 311 g/mol. The van der Waals surface area contributed by atoms with Crippen LogP contribution in [0.5, 0.6) is 12.0 Å². The summed E-state index contributed by atoms with van der Waals surface area (Å²) in [5.41, 5.74) is 0.941. The van der Waals surface area contributed by atoms with E-state index in [0.29, 0.717) is 11.1 Å². The first-order valence-electron chi connectivity index (χ1n) is 6.81. The first-order chi connectivity index (χ1) is 11.2. The zero-order valence-corrected chi connectivity index (χ0v) is 11.9. The number of aliphatic hydroxyl groups is 1. The molecule has 0 bridgehead atoms. The Morgan fingerprint density at radius 2 is 1.70 bits per heavy atom. The van der Waals surface area contributed by atoms with E-state index in [1.54, 1.807) is 54.6 Å². The lowest BCUT2D eigenvalue weighted by atomic mass is 10.2. The fraction of sp³-hybridized carbons (Fsp3) is 0.0625. The van der Waals surface area contributed by atoms with Gasteiger partial charge in [-0.25, -0.2) is 9.89 Å². The van der Waals surface area contributed by atoms with Gasteiger partial charge >= 0.3 is 18.0 Å². The molecule has 1 aromatic heterocycles. The molecular weight excluding hydrogens is 298 g/mol. The molecule has 23 heavy (non-hydrogen) atoms. The molecule has 0 saturated heterocycles. The van der Waals surface area contributed by atoms with Gasteiger partial charge in [0.2, 0.25) is 6.29 Å². The highest BCUT2D eigenvalue weighted by molar-refractivity contribution is 5.90. The van der Waals surface area contributed by atoms with E-state index in [9.17, 15) is 9.90 Å². The number of carbonyl (C=O) groups excluding carboxylic acids is 1. The summed E-state index contributed by atoms with van der Waals surface area (Å²) in [5, 5.41) is 16.1. The maximum atomic E-state index is 11.9. The number of aliphatic hydroxyl groups excluding tert-OH is 1. The van der Waals surface area contributed by atoms with Crippen LogP contribution in [0, 0.1) is 0 Å². The van der Waals surface area contributed by atoms with Gasteiger partial charge in [0.15, 0.2) is 0 Å². The van der Waals surface area contributed by atoms with Crippen LogP contribution in [0.4, 0.5) is 0 Å². The summed E-state index contributed by atoms with van der Waals surface area (Å²) >= 11 is 0. The number of nitrogens with zero attached hydrogens (tertiary/aromatic N) is 2. The predicted molar refractivity (Wildman–Crippen MR) is 79.8 cm³/mol. The molecule has 0 aliphatic heterocycles. The fourth-order valence-electron chi connectivity index (χ4n) is 1.84. The molecule has 0 aliphatic rings. The van der Waals surface area contributed by atoms with Crippen LogP contribution in [0.25, 0.3) is 0 Å². The van der Waals surface area contributed by atoms with Crippen molar-refractivity contribution in [3.05, 3.63) is 71.8 Å². The average Bonchev–Trinajstić information content (AvgIpc) is 3.03. The van der Waals surface area contributed by atoms with E-state index < -0.39 is 12.3 Å². The van der Waals surface area contributed by atoms with Crippen molar-refractivity contribution in [3.8, 4) is 12.0 Å². The lowest BCUT2D eigenvalue weighted by molar-refractivity contribution is -0.0260. The van der Waals surface area contributed by atoms with Crippen molar-refractivity contribution in [1.29, 1.82) is 0 Å². The van der Waals surface area contributed by atoms with Crippen LogP contribution in [0.1, 0.15) is 22.2 Å². The summed E-state index contributed by atoms with van der Waals surface area (Å²) in [6.45, 7) is 0. The van der Waals surface area contributed by atoms with Crippen molar-refractivity contribution < 1.29 is 19.4 Å². The number of hydrogen-bond donors (Lipinski definition) is 2. The molecule has 3 rings (SSSR count). The third-order valence-electron chi connectivity index (χ3n) is 2.95. The fourth-order valence-corrected chi connectivity index (χ4v) is 1.84. The van der Waals surface area contributed by atoms with Gasteiger partial charge in [-0.1, -0.05) is 48.5 Å². The van der Waals surface area contributed by atoms with Crippen LogP contribution in [0.2, 0.25) is 0 Å². The van der Waals surface area contributed by atoms with Gasteiger partial charge in [-0.2, -0.15) is 0 Å². The van der Waals surface area contributed by atoms with Crippen molar-refractivity contribution in [2.24, 2.45) is 0 Å². The number of aromatic nitrogens is 3. The summed E-state index contributed by atoms with van der Waals surface area (Å²) in [6.07, 6.45) is -1.22. The molecule has 7 heteroatoms. The molecule has 0 saturated carbocycles. The minimum atomic E-state index is -1.22. The molecule has 0 amide bonds. The Morgan fingerprint density at radius 3 is 2.39 bits per heavy atom. The molecule has 3 aromatic rings. The van der Waals surface area contributed by atoms with E-state index >= 15 is 0 Å². The third-order valence-corrected chi connectivity index (χ3v) is 2.95. The van der Waals surface area contributed by atoms with Gasteiger partial charge < -0.3 is 14.6 Å².